The molecule has 0 aliphatic heterocycles. The molecule has 2 heterocycles. The lowest BCUT2D eigenvalue weighted by Gasteiger charge is -2.04. The van der Waals surface area contributed by atoms with E-state index in [-0.39, 0.29) is 0 Å². The van der Waals surface area contributed by atoms with Crippen molar-refractivity contribution in [3.05, 3.63) is 36.2 Å². The highest BCUT2D eigenvalue weighted by Gasteiger charge is 2.27. The summed E-state index contributed by atoms with van der Waals surface area (Å²) in [6.45, 7) is 0.451. The number of hydrogen-bond acceptors (Lipinski definition) is 4. The summed E-state index contributed by atoms with van der Waals surface area (Å²) >= 11 is 0. The van der Waals surface area contributed by atoms with Crippen LogP contribution in [0.4, 0.5) is 0 Å². The van der Waals surface area contributed by atoms with E-state index in [1.165, 1.54) is 12.8 Å². The molecule has 2 N–H and O–H groups in total. The van der Waals surface area contributed by atoms with Crippen LogP contribution in [0.15, 0.2) is 29.1 Å². The molecular weight excluding hydrogens is 202 g/mol. The Morgan fingerprint density at radius 3 is 2.88 bits per heavy atom. The Morgan fingerprint density at radius 2 is 2.25 bits per heavy atom. The van der Waals surface area contributed by atoms with Gasteiger partial charge in [0.15, 0.2) is 0 Å². The third-order valence-electron chi connectivity index (χ3n) is 2.77. The van der Waals surface area contributed by atoms with Crippen LogP contribution in [0.1, 0.15) is 30.3 Å². The summed E-state index contributed by atoms with van der Waals surface area (Å²) in [5, 5.41) is 0. The van der Waals surface area contributed by atoms with Crippen LogP contribution < -0.4 is 5.73 Å². The standard InChI is InChI=1S/C12H13N3O/c13-6-10-5-11(9-3-4-16-7-9)15-12(14-10)8-1-2-8/h3-5,7-8H,1-2,6,13H2. The quantitative estimate of drug-likeness (QED) is 0.851. The number of nitrogens with zero attached hydrogens (tertiary/aromatic N) is 2. The fraction of sp³-hybridized carbons (Fsp3) is 0.333. The van der Waals surface area contributed by atoms with Crippen LogP contribution in [-0.4, -0.2) is 9.97 Å². The summed E-state index contributed by atoms with van der Waals surface area (Å²) in [7, 11) is 0. The summed E-state index contributed by atoms with van der Waals surface area (Å²) in [5.41, 5.74) is 8.44. The lowest BCUT2D eigenvalue weighted by atomic mass is 10.2. The van der Waals surface area contributed by atoms with E-state index < -0.39 is 0 Å². The molecule has 3 rings (SSSR count). The highest BCUT2D eigenvalue weighted by molar-refractivity contribution is 5.57. The van der Waals surface area contributed by atoms with Gasteiger partial charge in [-0.05, 0) is 25.0 Å². The number of nitrogens with two attached hydrogens (primary N) is 1. The van der Waals surface area contributed by atoms with Crippen LogP contribution in [0.3, 0.4) is 0 Å². The first kappa shape index (κ1) is 9.54. The summed E-state index contributed by atoms with van der Waals surface area (Å²) in [4.78, 5) is 9.02. The molecule has 4 nitrogen and oxygen atoms in total. The Hall–Kier alpha value is -1.68. The predicted octanol–water partition coefficient (Wildman–Crippen LogP) is 2.07. The maximum absolute atomic E-state index is 5.65. The van der Waals surface area contributed by atoms with E-state index in [4.69, 9.17) is 10.2 Å². The van der Waals surface area contributed by atoms with E-state index in [1.54, 1.807) is 12.5 Å². The van der Waals surface area contributed by atoms with E-state index in [0.717, 1.165) is 22.8 Å². The Balaban J connectivity index is 2.06. The van der Waals surface area contributed by atoms with Crippen molar-refractivity contribution in [2.45, 2.75) is 25.3 Å². The second-order valence-electron chi connectivity index (χ2n) is 4.09. The molecule has 0 bridgehead atoms. The molecular formula is C12H13N3O. The van der Waals surface area contributed by atoms with Gasteiger partial charge in [-0.2, -0.15) is 0 Å². The van der Waals surface area contributed by atoms with Gasteiger partial charge in [0.05, 0.1) is 23.9 Å². The van der Waals surface area contributed by atoms with Gasteiger partial charge in [0, 0.05) is 18.0 Å². The molecule has 0 unspecified atom stereocenters. The Morgan fingerprint density at radius 1 is 1.38 bits per heavy atom. The first-order valence-corrected chi connectivity index (χ1v) is 5.47. The third kappa shape index (κ3) is 1.72. The first-order valence-electron chi connectivity index (χ1n) is 5.47. The van der Waals surface area contributed by atoms with E-state index in [0.29, 0.717) is 12.5 Å². The topological polar surface area (TPSA) is 64.9 Å². The van der Waals surface area contributed by atoms with Crippen molar-refractivity contribution in [2.75, 3.05) is 0 Å². The lowest BCUT2D eigenvalue weighted by Crippen LogP contribution is -2.04. The van der Waals surface area contributed by atoms with Gasteiger partial charge < -0.3 is 10.2 Å². The Labute approximate surface area is 93.5 Å². The zero-order chi connectivity index (χ0) is 11.0. The summed E-state index contributed by atoms with van der Waals surface area (Å²) in [6.07, 6.45) is 5.73. The van der Waals surface area contributed by atoms with Gasteiger partial charge in [0.25, 0.3) is 0 Å². The lowest BCUT2D eigenvalue weighted by molar-refractivity contribution is 0.568. The van der Waals surface area contributed by atoms with E-state index in [9.17, 15) is 0 Å². The third-order valence-corrected chi connectivity index (χ3v) is 2.77. The number of rotatable bonds is 3. The smallest absolute Gasteiger partial charge is 0.132 e. The maximum atomic E-state index is 5.65. The van der Waals surface area contributed by atoms with Gasteiger partial charge in [-0.3, -0.25) is 0 Å². The van der Waals surface area contributed by atoms with Gasteiger partial charge in [-0.15, -0.1) is 0 Å². The zero-order valence-electron chi connectivity index (χ0n) is 8.89. The Bertz CT molecular complexity index is 489. The fourth-order valence-corrected chi connectivity index (χ4v) is 1.70. The normalized spacial score (nSPS) is 15.3. The van der Waals surface area contributed by atoms with E-state index in [2.05, 4.69) is 9.97 Å². The molecule has 0 atom stereocenters. The number of hydrogen-bond donors (Lipinski definition) is 1. The molecule has 16 heavy (non-hydrogen) atoms. The first-order chi connectivity index (χ1) is 7.86. The minimum absolute atomic E-state index is 0.451. The van der Waals surface area contributed by atoms with E-state index >= 15 is 0 Å². The second kappa shape index (κ2) is 3.72. The molecule has 0 saturated heterocycles. The molecule has 82 valence electrons. The minimum Gasteiger partial charge on any atom is -0.472 e. The number of furan rings is 1. The Kier molecular flexibility index (Phi) is 2.22. The monoisotopic (exact) mass is 215 g/mol. The van der Waals surface area contributed by atoms with Crippen LogP contribution in [-0.2, 0) is 6.54 Å². The minimum atomic E-state index is 0.451. The molecule has 2 aromatic rings. The van der Waals surface area contributed by atoms with Crippen molar-refractivity contribution in [3.8, 4) is 11.3 Å². The van der Waals surface area contributed by atoms with Crippen molar-refractivity contribution < 1.29 is 4.42 Å². The molecule has 0 radical (unpaired) electrons. The van der Waals surface area contributed by atoms with Crippen molar-refractivity contribution in [3.63, 3.8) is 0 Å². The van der Waals surface area contributed by atoms with Gasteiger partial charge in [0.1, 0.15) is 5.82 Å². The number of aromatic nitrogens is 2. The van der Waals surface area contributed by atoms with Crippen LogP contribution in [0.2, 0.25) is 0 Å². The molecule has 0 amide bonds. The molecule has 4 heteroatoms. The van der Waals surface area contributed by atoms with E-state index in [1.807, 2.05) is 12.1 Å². The van der Waals surface area contributed by atoms with Gasteiger partial charge >= 0.3 is 0 Å². The SMILES string of the molecule is NCc1cc(-c2ccoc2)nc(C2CC2)n1. The molecule has 0 spiro atoms. The van der Waals surface area contributed by atoms with Crippen LogP contribution in [0.25, 0.3) is 11.3 Å². The summed E-state index contributed by atoms with van der Waals surface area (Å²) in [5.74, 6) is 1.47. The van der Waals surface area contributed by atoms with Crippen molar-refractivity contribution >= 4 is 0 Å². The highest BCUT2D eigenvalue weighted by atomic mass is 16.3. The average molecular weight is 215 g/mol. The average Bonchev–Trinajstić information content (AvgIpc) is 3.04. The molecule has 2 aromatic heterocycles. The molecule has 1 saturated carbocycles. The van der Waals surface area contributed by atoms with Crippen molar-refractivity contribution in [1.82, 2.24) is 9.97 Å². The van der Waals surface area contributed by atoms with Gasteiger partial charge in [-0.25, -0.2) is 9.97 Å². The van der Waals surface area contributed by atoms with Crippen molar-refractivity contribution in [2.24, 2.45) is 5.73 Å². The largest absolute Gasteiger partial charge is 0.472 e. The molecule has 1 aliphatic rings. The second-order valence-corrected chi connectivity index (χ2v) is 4.09. The van der Waals surface area contributed by atoms with Crippen molar-refractivity contribution in [1.29, 1.82) is 0 Å². The van der Waals surface area contributed by atoms with Crippen LogP contribution in [0.5, 0.6) is 0 Å². The van der Waals surface area contributed by atoms with Gasteiger partial charge in [-0.1, -0.05) is 0 Å². The van der Waals surface area contributed by atoms with Crippen LogP contribution in [0, 0.1) is 0 Å². The molecule has 1 aliphatic carbocycles. The maximum Gasteiger partial charge on any atom is 0.132 e. The van der Waals surface area contributed by atoms with Gasteiger partial charge in [0.2, 0.25) is 0 Å². The summed E-state index contributed by atoms with van der Waals surface area (Å²) < 4.78 is 5.07. The highest BCUT2D eigenvalue weighted by Crippen LogP contribution is 2.38. The predicted molar refractivity (Wildman–Crippen MR) is 59.6 cm³/mol. The molecule has 0 aromatic carbocycles. The molecule has 1 fully saturated rings. The zero-order valence-corrected chi connectivity index (χ0v) is 8.89. The van der Waals surface area contributed by atoms with Crippen LogP contribution >= 0.6 is 0 Å². The summed E-state index contributed by atoms with van der Waals surface area (Å²) in [6, 6.07) is 3.83. The fourth-order valence-electron chi connectivity index (χ4n) is 1.70.